The van der Waals surface area contributed by atoms with E-state index in [1.165, 1.54) is 11.1 Å². The third kappa shape index (κ3) is 13.5. The molecule has 12 aromatic carbocycles. The van der Waals surface area contributed by atoms with Crippen LogP contribution < -0.4 is 0 Å². The molecular weight excluding hydrogens is 1250 g/mol. The van der Waals surface area contributed by atoms with Crippen LogP contribution in [0.5, 0.6) is 0 Å². The molecule has 0 saturated heterocycles. The number of nitrogens with zero attached hydrogens (tertiary/aromatic N) is 3. The van der Waals surface area contributed by atoms with Gasteiger partial charge in [-0.2, -0.15) is 0 Å². The van der Waals surface area contributed by atoms with Gasteiger partial charge in [0.05, 0.1) is 17.1 Å². The van der Waals surface area contributed by atoms with E-state index in [4.69, 9.17) is 38.2 Å². The van der Waals surface area contributed by atoms with Gasteiger partial charge in [0.2, 0.25) is 0 Å². The Morgan fingerprint density at radius 1 is 0.190 bits per heavy atom. The van der Waals surface area contributed by atoms with Gasteiger partial charge in [0, 0.05) is 45.3 Å². The third-order valence-electron chi connectivity index (χ3n) is 19.1. The van der Waals surface area contributed by atoms with Crippen molar-refractivity contribution >= 4 is 23.2 Å². The van der Waals surface area contributed by atoms with Gasteiger partial charge in [0.25, 0.3) is 0 Å². The highest BCUT2D eigenvalue weighted by molar-refractivity contribution is 6.31. The second-order valence-corrected chi connectivity index (χ2v) is 28.7. The first-order valence-corrected chi connectivity index (χ1v) is 34.9. The van der Waals surface area contributed by atoms with E-state index >= 15 is 0 Å². The molecule has 0 fully saturated rings. The van der Waals surface area contributed by atoms with Crippen molar-refractivity contribution < 1.29 is 0 Å². The zero-order valence-corrected chi connectivity index (χ0v) is 58.4. The largest absolute Gasteiger partial charge is 0.256 e. The lowest BCUT2D eigenvalue weighted by atomic mass is 9.83. The fourth-order valence-electron chi connectivity index (χ4n) is 13.9. The Kier molecular flexibility index (Phi) is 17.8. The molecule has 0 aliphatic heterocycles. The predicted molar refractivity (Wildman–Crippen MR) is 423 cm³/mol. The van der Waals surface area contributed by atoms with E-state index in [1.54, 1.807) is 0 Å². The normalized spacial score (nSPS) is 11.6. The maximum absolute atomic E-state index is 6.69. The SMILES string of the molecule is CC(C)(C)c1ccnc(-c2ccc(-c3ccccc3-c3cc(-c4ccccc4-c4ccc(-c5ccccn5)cc4-c4ccccc4)cc(-c4ccccc4-c4ccc(-c5cc(C(C)(C)C)ccn5)cc4-c4cccc(-c5cccc(Cl)c5)c4)c3)c(-c3cccc(-c4cccc(Cl)c4)c3)c2)c1. The Bertz CT molecular complexity index is 5290. The number of rotatable bonds is 14. The average Bonchev–Trinajstić information content (AvgIpc) is 0.764. The molecule has 0 amide bonds. The highest BCUT2D eigenvalue weighted by Crippen LogP contribution is 2.48. The minimum Gasteiger partial charge on any atom is -0.256 e. The quantitative estimate of drug-likeness (QED) is 0.109. The van der Waals surface area contributed by atoms with Crippen LogP contribution in [-0.2, 0) is 10.8 Å². The van der Waals surface area contributed by atoms with E-state index in [1.807, 2.05) is 61.1 Å². The van der Waals surface area contributed by atoms with Crippen LogP contribution in [0.4, 0.5) is 0 Å². The highest BCUT2D eigenvalue weighted by atomic mass is 35.5. The zero-order valence-electron chi connectivity index (χ0n) is 56.9. The van der Waals surface area contributed by atoms with Gasteiger partial charge in [-0.15, -0.1) is 0 Å². The van der Waals surface area contributed by atoms with Gasteiger partial charge < -0.3 is 0 Å². The van der Waals surface area contributed by atoms with Crippen LogP contribution >= 0.6 is 23.2 Å². The van der Waals surface area contributed by atoms with Crippen molar-refractivity contribution in [2.75, 3.05) is 0 Å². The molecule has 0 spiro atoms. The lowest BCUT2D eigenvalue weighted by Gasteiger charge is -2.21. The molecule has 15 rings (SSSR count). The van der Waals surface area contributed by atoms with Crippen LogP contribution in [0.25, 0.3) is 156 Å². The standard InChI is InChI=1S/C95H73Cl2N3/c1-94(2,3)75-45-48-99-92(60-75)70-40-43-86(89(58-70)67-28-18-24-63(50-67)65-26-20-30-77(96)55-65)83-36-14-11-33-80(83)73-52-72(79-32-10-13-35-82(79)85-42-39-69(91-38-16-17-47-98-91)57-88(85)62-22-8-7-9-23-62)53-74(54-73)81-34-12-15-37-84(81)87-44-41-71(93-61-76(46-49-100-93)95(4,5)6)59-90(87)68-29-19-25-64(51-68)66-27-21-31-78(97)56-66/h7-61H,1-6H3. The molecule has 3 aromatic heterocycles. The second kappa shape index (κ2) is 27.5. The summed E-state index contributed by atoms with van der Waals surface area (Å²) in [5.74, 6) is 0. The summed E-state index contributed by atoms with van der Waals surface area (Å²) in [6.45, 7) is 13.5. The fraction of sp³-hybridized carbons (Fsp3) is 0.0842. The summed E-state index contributed by atoms with van der Waals surface area (Å²) in [5, 5.41) is 1.39. The molecule has 0 atom stereocenters. The topological polar surface area (TPSA) is 38.7 Å². The lowest BCUT2D eigenvalue weighted by Crippen LogP contribution is -2.11. The molecule has 0 saturated carbocycles. The van der Waals surface area contributed by atoms with E-state index in [2.05, 4.69) is 315 Å². The van der Waals surface area contributed by atoms with Crippen LogP contribution in [0.1, 0.15) is 52.7 Å². The zero-order chi connectivity index (χ0) is 68.5. The minimum absolute atomic E-state index is 0.0676. The van der Waals surface area contributed by atoms with Gasteiger partial charge in [-0.25, -0.2) is 0 Å². The second-order valence-electron chi connectivity index (χ2n) is 27.8. The molecule has 5 heteroatoms. The van der Waals surface area contributed by atoms with Crippen molar-refractivity contribution in [2.45, 2.75) is 52.4 Å². The Labute approximate surface area is 597 Å². The summed E-state index contributed by atoms with van der Waals surface area (Å²) in [6.07, 6.45) is 5.75. The number of hydrogen-bond donors (Lipinski definition) is 0. The first kappa shape index (κ1) is 64.7. The summed E-state index contributed by atoms with van der Waals surface area (Å²) < 4.78 is 0. The fourth-order valence-corrected chi connectivity index (χ4v) is 14.2. The molecule has 3 heterocycles. The molecule has 0 aliphatic carbocycles. The monoisotopic (exact) mass is 1330 g/mol. The smallest absolute Gasteiger partial charge is 0.0705 e. The molecule has 100 heavy (non-hydrogen) atoms. The van der Waals surface area contributed by atoms with Gasteiger partial charge in [0.1, 0.15) is 0 Å². The molecule has 0 N–H and O–H groups in total. The van der Waals surface area contributed by atoms with E-state index in [0.717, 1.165) is 156 Å². The van der Waals surface area contributed by atoms with E-state index < -0.39 is 0 Å². The van der Waals surface area contributed by atoms with Crippen molar-refractivity contribution in [1.82, 2.24) is 15.0 Å². The maximum atomic E-state index is 6.69. The molecule has 0 bridgehead atoms. The number of halogens is 2. The van der Waals surface area contributed by atoms with Crippen LogP contribution in [0.15, 0.2) is 334 Å². The van der Waals surface area contributed by atoms with E-state index in [0.29, 0.717) is 10.0 Å². The first-order chi connectivity index (χ1) is 48.6. The number of benzene rings is 12. The summed E-state index contributed by atoms with van der Waals surface area (Å²) in [7, 11) is 0. The van der Waals surface area contributed by atoms with E-state index in [9.17, 15) is 0 Å². The summed E-state index contributed by atoms with van der Waals surface area (Å²) >= 11 is 13.4. The molecular formula is C95H73Cl2N3. The van der Waals surface area contributed by atoms with Crippen LogP contribution in [-0.4, -0.2) is 15.0 Å². The third-order valence-corrected chi connectivity index (χ3v) is 19.6. The van der Waals surface area contributed by atoms with Crippen molar-refractivity contribution in [1.29, 1.82) is 0 Å². The molecule has 15 aromatic rings. The van der Waals surface area contributed by atoms with Gasteiger partial charge in [0.15, 0.2) is 0 Å². The molecule has 482 valence electrons. The maximum Gasteiger partial charge on any atom is 0.0705 e. The Morgan fingerprint density at radius 2 is 0.500 bits per heavy atom. The van der Waals surface area contributed by atoms with Crippen molar-refractivity contribution in [3.05, 3.63) is 355 Å². The summed E-state index contributed by atoms with van der Waals surface area (Å²) in [4.78, 5) is 14.9. The average molecular weight is 1330 g/mol. The van der Waals surface area contributed by atoms with Gasteiger partial charge in [-0.05, 0) is 254 Å². The van der Waals surface area contributed by atoms with Gasteiger partial charge in [-0.3, -0.25) is 15.0 Å². The lowest BCUT2D eigenvalue weighted by molar-refractivity contribution is 0.589. The van der Waals surface area contributed by atoms with Gasteiger partial charge >= 0.3 is 0 Å². The van der Waals surface area contributed by atoms with Crippen LogP contribution in [0.3, 0.4) is 0 Å². The van der Waals surface area contributed by atoms with E-state index in [-0.39, 0.29) is 10.8 Å². The Morgan fingerprint density at radius 3 is 0.890 bits per heavy atom. The van der Waals surface area contributed by atoms with Crippen molar-refractivity contribution in [3.63, 3.8) is 0 Å². The molecule has 3 nitrogen and oxygen atoms in total. The van der Waals surface area contributed by atoms with Gasteiger partial charge in [-0.1, -0.05) is 271 Å². The molecule has 0 radical (unpaired) electrons. The first-order valence-electron chi connectivity index (χ1n) is 34.1. The minimum atomic E-state index is -0.0676. The summed E-state index contributed by atoms with van der Waals surface area (Å²) in [6, 6.07) is 114. The summed E-state index contributed by atoms with van der Waals surface area (Å²) in [5.41, 5.74) is 32.1. The van der Waals surface area contributed by atoms with Crippen LogP contribution in [0.2, 0.25) is 10.0 Å². The van der Waals surface area contributed by atoms with Crippen LogP contribution in [0, 0.1) is 0 Å². The predicted octanol–water partition coefficient (Wildman–Crippen LogP) is 27.1. The number of pyridine rings is 3. The Hall–Kier alpha value is -11.3. The number of aromatic nitrogens is 3. The molecule has 0 aliphatic rings. The Balaban J connectivity index is 0.969. The van der Waals surface area contributed by atoms with Crippen molar-refractivity contribution in [2.24, 2.45) is 0 Å². The highest BCUT2D eigenvalue weighted by Gasteiger charge is 2.24. The number of hydrogen-bond acceptors (Lipinski definition) is 3. The van der Waals surface area contributed by atoms with Crippen molar-refractivity contribution in [3.8, 4) is 156 Å². The molecule has 0 unspecified atom stereocenters.